The van der Waals surface area contributed by atoms with Crippen molar-refractivity contribution < 1.29 is 32.2 Å². The van der Waals surface area contributed by atoms with Crippen LogP contribution in [0.15, 0.2) is 12.3 Å². The molecular weight excluding hydrogens is 371 g/mol. The molecule has 2 aromatic heterocycles. The number of rotatable bonds is 6. The summed E-state index contributed by atoms with van der Waals surface area (Å²) < 4.78 is 46.5. The van der Waals surface area contributed by atoms with Crippen LogP contribution < -0.4 is 11.1 Å². The predicted molar refractivity (Wildman–Crippen MR) is 83.6 cm³/mol. The number of aromatic nitrogens is 3. The van der Waals surface area contributed by atoms with Crippen LogP contribution >= 0.6 is 0 Å². The smallest absolute Gasteiger partial charge is 0.378 e. The first-order valence-electron chi connectivity index (χ1n) is 7.90. The van der Waals surface area contributed by atoms with E-state index < -0.39 is 30.3 Å². The van der Waals surface area contributed by atoms with Crippen LogP contribution in [0.4, 0.5) is 13.2 Å². The van der Waals surface area contributed by atoms with Gasteiger partial charge in [-0.05, 0) is 18.9 Å². The van der Waals surface area contributed by atoms with Crippen molar-refractivity contribution in [2.24, 2.45) is 5.73 Å². The van der Waals surface area contributed by atoms with Crippen molar-refractivity contribution in [2.75, 3.05) is 7.11 Å². The lowest BCUT2D eigenvalue weighted by molar-refractivity contribution is -0.351. The molecule has 1 fully saturated rings. The van der Waals surface area contributed by atoms with Crippen molar-refractivity contribution >= 4 is 17.5 Å². The fraction of sp³-hybridized carbons (Fsp3) is 0.467. The van der Waals surface area contributed by atoms with E-state index in [1.165, 1.54) is 19.4 Å². The van der Waals surface area contributed by atoms with E-state index in [2.05, 4.69) is 20.1 Å². The number of carbonyl (C=O) groups excluding carboxylic acids is 2. The van der Waals surface area contributed by atoms with E-state index >= 15 is 0 Å². The highest BCUT2D eigenvalue weighted by Gasteiger charge is 2.40. The number of imidazole rings is 1. The van der Waals surface area contributed by atoms with Crippen molar-refractivity contribution in [3.8, 4) is 0 Å². The zero-order valence-electron chi connectivity index (χ0n) is 14.1. The average Bonchev–Trinajstić information content (AvgIpc) is 2.89. The highest BCUT2D eigenvalue weighted by Crippen LogP contribution is 2.30. The molecular formula is C15H16F3N5O4. The molecule has 0 aromatic carbocycles. The van der Waals surface area contributed by atoms with E-state index in [4.69, 9.17) is 10.5 Å². The van der Waals surface area contributed by atoms with Gasteiger partial charge in [0.05, 0.1) is 18.3 Å². The number of nitrogens with one attached hydrogen (secondary N) is 1. The number of amides is 2. The van der Waals surface area contributed by atoms with Gasteiger partial charge in [0, 0.05) is 19.3 Å². The minimum atomic E-state index is -4.70. The SMILES string of the molecule is COCc1nc2c(C(=O)N[C@H]3C[C@@H](OC(F)(F)F)C3)ccnn2c1C(N)=O. The van der Waals surface area contributed by atoms with Crippen LogP contribution in [0.1, 0.15) is 39.4 Å². The largest absolute Gasteiger partial charge is 0.522 e. The first-order chi connectivity index (χ1) is 12.7. The molecule has 2 aromatic rings. The van der Waals surface area contributed by atoms with Gasteiger partial charge in [0.15, 0.2) is 11.3 Å². The van der Waals surface area contributed by atoms with E-state index in [1.54, 1.807) is 0 Å². The molecule has 146 valence electrons. The molecule has 1 saturated carbocycles. The average molecular weight is 387 g/mol. The van der Waals surface area contributed by atoms with Gasteiger partial charge >= 0.3 is 6.36 Å². The number of alkyl halides is 3. The Morgan fingerprint density at radius 3 is 2.70 bits per heavy atom. The van der Waals surface area contributed by atoms with Crippen molar-refractivity contribution in [1.82, 2.24) is 19.9 Å². The second kappa shape index (κ2) is 7.12. The van der Waals surface area contributed by atoms with Crippen LogP contribution in [0.2, 0.25) is 0 Å². The number of halogens is 3. The Morgan fingerprint density at radius 2 is 2.11 bits per heavy atom. The van der Waals surface area contributed by atoms with Gasteiger partial charge in [-0.3, -0.25) is 14.3 Å². The Hall–Kier alpha value is -2.73. The first-order valence-corrected chi connectivity index (χ1v) is 7.90. The van der Waals surface area contributed by atoms with Gasteiger partial charge in [-0.15, -0.1) is 13.2 Å². The molecule has 12 heteroatoms. The zero-order chi connectivity index (χ0) is 19.8. The van der Waals surface area contributed by atoms with E-state index in [9.17, 15) is 22.8 Å². The van der Waals surface area contributed by atoms with E-state index in [1.807, 2.05) is 0 Å². The lowest BCUT2D eigenvalue weighted by Crippen LogP contribution is -2.49. The quantitative estimate of drug-likeness (QED) is 0.755. The number of carbonyl (C=O) groups is 2. The minimum absolute atomic E-state index is 0.0104. The van der Waals surface area contributed by atoms with Crippen LogP contribution in [0.3, 0.4) is 0 Å². The summed E-state index contributed by atoms with van der Waals surface area (Å²) in [5.41, 5.74) is 5.77. The summed E-state index contributed by atoms with van der Waals surface area (Å²) in [5, 5.41) is 6.60. The number of methoxy groups -OCH3 is 1. The molecule has 0 atom stereocenters. The highest BCUT2D eigenvalue weighted by molar-refractivity contribution is 6.01. The van der Waals surface area contributed by atoms with Crippen molar-refractivity contribution in [3.63, 3.8) is 0 Å². The summed E-state index contributed by atoms with van der Waals surface area (Å²) in [7, 11) is 1.41. The monoisotopic (exact) mass is 387 g/mol. The predicted octanol–water partition coefficient (Wildman–Crippen LogP) is 0.772. The Bertz CT molecular complexity index is 876. The molecule has 0 spiro atoms. The Kier molecular flexibility index (Phi) is 5.02. The fourth-order valence-electron chi connectivity index (χ4n) is 2.89. The summed E-state index contributed by atoms with van der Waals surface area (Å²) in [6.45, 7) is -0.0121. The number of hydrogen-bond donors (Lipinski definition) is 2. The second-order valence-corrected chi connectivity index (χ2v) is 6.01. The van der Waals surface area contributed by atoms with Crippen molar-refractivity contribution in [1.29, 1.82) is 0 Å². The van der Waals surface area contributed by atoms with Crippen LogP contribution in [0, 0.1) is 0 Å². The summed E-state index contributed by atoms with van der Waals surface area (Å²) in [5.74, 6) is -1.34. The molecule has 1 aliphatic rings. The number of nitrogens with zero attached hydrogens (tertiary/aromatic N) is 3. The van der Waals surface area contributed by atoms with Gasteiger partial charge in [-0.2, -0.15) is 5.10 Å². The summed E-state index contributed by atoms with van der Waals surface area (Å²) in [6, 6.07) is 0.934. The summed E-state index contributed by atoms with van der Waals surface area (Å²) in [4.78, 5) is 28.4. The van der Waals surface area contributed by atoms with Gasteiger partial charge in [0.25, 0.3) is 11.8 Å². The Balaban J connectivity index is 1.78. The maximum atomic E-state index is 12.5. The van der Waals surface area contributed by atoms with Gasteiger partial charge in [-0.25, -0.2) is 9.50 Å². The molecule has 2 heterocycles. The molecule has 1 aliphatic carbocycles. The van der Waals surface area contributed by atoms with Crippen LogP contribution in [-0.2, 0) is 16.1 Å². The van der Waals surface area contributed by atoms with E-state index in [-0.39, 0.29) is 42.0 Å². The number of ether oxygens (including phenoxy) is 2. The maximum absolute atomic E-state index is 12.5. The van der Waals surface area contributed by atoms with Crippen LogP contribution in [0.5, 0.6) is 0 Å². The Morgan fingerprint density at radius 1 is 1.41 bits per heavy atom. The van der Waals surface area contributed by atoms with Gasteiger partial charge < -0.3 is 15.8 Å². The molecule has 9 nitrogen and oxygen atoms in total. The van der Waals surface area contributed by atoms with Crippen LogP contribution in [0.25, 0.3) is 5.65 Å². The number of fused-ring (bicyclic) bond motifs is 1. The molecule has 2 amide bonds. The van der Waals surface area contributed by atoms with Crippen molar-refractivity contribution in [3.05, 3.63) is 29.2 Å². The minimum Gasteiger partial charge on any atom is -0.378 e. The van der Waals surface area contributed by atoms with Gasteiger partial charge in [0.1, 0.15) is 5.69 Å². The highest BCUT2D eigenvalue weighted by atomic mass is 19.4. The third kappa shape index (κ3) is 4.01. The van der Waals surface area contributed by atoms with E-state index in [0.717, 1.165) is 4.52 Å². The third-order valence-electron chi connectivity index (χ3n) is 4.08. The Labute approximate surface area is 150 Å². The standard InChI is InChI=1S/C15H16F3N5O4/c1-26-6-10-11(12(19)24)23-13(22-10)9(2-3-20-23)14(25)21-7-4-8(5-7)27-15(16,17)18/h2-3,7-8H,4-6H2,1H3,(H2,19,24)(H,21,25)/t7-,8+. The normalized spacial score (nSPS) is 19.7. The maximum Gasteiger partial charge on any atom is 0.522 e. The number of primary amides is 1. The van der Waals surface area contributed by atoms with Gasteiger partial charge in [0.2, 0.25) is 0 Å². The van der Waals surface area contributed by atoms with Crippen molar-refractivity contribution in [2.45, 2.75) is 38.0 Å². The lowest BCUT2D eigenvalue weighted by atomic mass is 9.89. The third-order valence-corrected chi connectivity index (χ3v) is 4.08. The molecule has 0 bridgehead atoms. The molecule has 0 saturated heterocycles. The zero-order valence-corrected chi connectivity index (χ0v) is 14.1. The molecule has 27 heavy (non-hydrogen) atoms. The summed E-state index contributed by atoms with van der Waals surface area (Å²) >= 11 is 0. The molecule has 0 radical (unpaired) electrons. The number of hydrogen-bond acceptors (Lipinski definition) is 6. The molecule has 0 unspecified atom stereocenters. The lowest BCUT2D eigenvalue weighted by Gasteiger charge is -2.35. The topological polar surface area (TPSA) is 121 Å². The van der Waals surface area contributed by atoms with Gasteiger partial charge in [-0.1, -0.05) is 0 Å². The first kappa shape index (κ1) is 19.0. The number of nitrogens with two attached hydrogens (primary N) is 1. The summed E-state index contributed by atoms with van der Waals surface area (Å²) in [6.07, 6.45) is -4.29. The van der Waals surface area contributed by atoms with E-state index in [0.29, 0.717) is 0 Å². The molecule has 3 rings (SSSR count). The van der Waals surface area contributed by atoms with Crippen LogP contribution in [-0.4, -0.2) is 52.0 Å². The fourth-order valence-corrected chi connectivity index (χ4v) is 2.89. The molecule has 0 aliphatic heterocycles. The molecule has 3 N–H and O–H groups in total. The second-order valence-electron chi connectivity index (χ2n) is 6.01.